The summed E-state index contributed by atoms with van der Waals surface area (Å²) in [6.45, 7) is 21.4. The lowest BCUT2D eigenvalue weighted by Gasteiger charge is -2.60. The molecular weight excluding hydrogens is 685 g/mol. The number of carbonyl (C=O) groups is 3. The molecule has 7 nitrogen and oxygen atoms in total. The first-order chi connectivity index (χ1) is 24.1. The van der Waals surface area contributed by atoms with Gasteiger partial charge in [0.05, 0.1) is 11.1 Å². The van der Waals surface area contributed by atoms with Crippen molar-refractivity contribution in [2.75, 3.05) is 0 Å². The first-order valence-electron chi connectivity index (χ1n) is 18.1. The second-order valence-electron chi connectivity index (χ2n) is 17.7. The van der Waals surface area contributed by atoms with Gasteiger partial charge in [-0.15, -0.1) is 0 Å². The van der Waals surface area contributed by atoms with Crippen molar-refractivity contribution in [3.63, 3.8) is 0 Å². The minimum Gasteiger partial charge on any atom is -0.508 e. The van der Waals surface area contributed by atoms with Crippen LogP contribution in [-0.2, 0) is 45.2 Å². The van der Waals surface area contributed by atoms with Crippen molar-refractivity contribution in [1.29, 1.82) is 0 Å². The third-order valence-electron chi connectivity index (χ3n) is 11.8. The summed E-state index contributed by atoms with van der Waals surface area (Å²) in [7, 11) is 0. The van der Waals surface area contributed by atoms with Gasteiger partial charge >= 0.3 is 6.18 Å². The number of hydrogen-bond acceptors (Lipinski definition) is 7. The monoisotopic (exact) mass is 736 g/mol. The van der Waals surface area contributed by atoms with Gasteiger partial charge in [0.1, 0.15) is 22.8 Å². The summed E-state index contributed by atoms with van der Waals surface area (Å²) in [5.41, 5.74) is -4.54. The van der Waals surface area contributed by atoms with Crippen LogP contribution in [-0.4, -0.2) is 43.4 Å². The highest BCUT2D eigenvalue weighted by Crippen LogP contribution is 2.65. The fourth-order valence-electron chi connectivity index (χ4n) is 9.53. The number of Topliss-reactive ketones (excluding diaryl/α,β-unsaturated/α-hetero) is 3. The fraction of sp³-hybridized carbons (Fsp3) is 0.512. The van der Waals surface area contributed by atoms with Gasteiger partial charge in [-0.3, -0.25) is 14.4 Å². The zero-order valence-electron chi connectivity index (χ0n) is 32.2. The fourth-order valence-corrected chi connectivity index (χ4v) is 9.53. The molecule has 0 saturated heterocycles. The molecule has 5 rings (SSSR count). The lowest BCUT2D eigenvalue weighted by molar-refractivity contribution is -0.178. The van der Waals surface area contributed by atoms with E-state index in [1.165, 1.54) is 0 Å². The number of allylic oxidation sites excluding steroid dienone is 2. The number of phenolic OH excluding ortho intramolecular Hbond substituents is 1. The molecule has 3 aliphatic rings. The SMILES string of the molecule is C=C(Cc1cc(C(C)(C)C)cc(C(F)(F)F)c1)Cc1cc(C(C)C)c2c(c1O)C(O)=C1C(=O)[C@@]3(O)C(O)=C(C(C)=O)C(=O)C(C(C)C)[C@@]3(C)C[C@@]1(C)C2. The van der Waals surface area contributed by atoms with Gasteiger partial charge in [-0.25, -0.2) is 0 Å². The first kappa shape index (κ1) is 40.0. The highest BCUT2D eigenvalue weighted by Gasteiger charge is 2.72. The number of ketones is 3. The van der Waals surface area contributed by atoms with Gasteiger partial charge in [-0.2, -0.15) is 13.2 Å². The summed E-state index contributed by atoms with van der Waals surface area (Å²) in [5.74, 6) is -6.04. The number of aromatic hydroxyl groups is 1. The molecule has 0 spiro atoms. The highest BCUT2D eigenvalue weighted by molar-refractivity contribution is 6.24. The lowest BCUT2D eigenvalue weighted by Crippen LogP contribution is -2.69. The molecule has 1 unspecified atom stereocenters. The highest BCUT2D eigenvalue weighted by atomic mass is 19.4. The zero-order chi connectivity index (χ0) is 40.1. The van der Waals surface area contributed by atoms with Crippen LogP contribution < -0.4 is 0 Å². The maximum Gasteiger partial charge on any atom is 0.416 e. The average molecular weight is 737 g/mol. The third-order valence-corrected chi connectivity index (χ3v) is 11.8. The molecule has 4 atom stereocenters. The van der Waals surface area contributed by atoms with E-state index in [1.54, 1.807) is 39.8 Å². The van der Waals surface area contributed by atoms with Gasteiger partial charge in [0, 0.05) is 22.3 Å². The van der Waals surface area contributed by atoms with Crippen LogP contribution in [0.15, 0.2) is 53.3 Å². The molecule has 0 amide bonds. The largest absolute Gasteiger partial charge is 0.508 e. The van der Waals surface area contributed by atoms with E-state index >= 15 is 0 Å². The second kappa shape index (κ2) is 12.7. The number of phenols is 1. The second-order valence-corrected chi connectivity index (χ2v) is 17.7. The predicted octanol–water partition coefficient (Wildman–Crippen LogP) is 8.97. The maximum absolute atomic E-state index is 14.7. The van der Waals surface area contributed by atoms with E-state index in [-0.39, 0.29) is 48.5 Å². The van der Waals surface area contributed by atoms with Crippen LogP contribution in [0, 0.1) is 22.7 Å². The van der Waals surface area contributed by atoms with E-state index in [9.17, 15) is 48.0 Å². The van der Waals surface area contributed by atoms with E-state index in [0.717, 1.165) is 24.6 Å². The Labute approximate surface area is 309 Å². The molecule has 2 aromatic rings. The Bertz CT molecular complexity index is 1990. The Kier molecular flexibility index (Phi) is 9.60. The number of benzene rings is 2. The summed E-state index contributed by atoms with van der Waals surface area (Å²) in [6.07, 6.45) is -4.31. The van der Waals surface area contributed by atoms with Crippen LogP contribution >= 0.6 is 0 Å². The van der Waals surface area contributed by atoms with Crippen molar-refractivity contribution in [3.05, 3.63) is 92.3 Å². The van der Waals surface area contributed by atoms with Crippen molar-refractivity contribution < 1.29 is 48.0 Å². The number of carbonyl (C=O) groups excluding carboxylic acids is 3. The summed E-state index contributed by atoms with van der Waals surface area (Å²) in [4.78, 5) is 41.2. The van der Waals surface area contributed by atoms with Gasteiger partial charge in [0.2, 0.25) is 5.78 Å². The topological polar surface area (TPSA) is 132 Å². The minimum absolute atomic E-state index is 0.0105. The van der Waals surface area contributed by atoms with Crippen LogP contribution in [0.5, 0.6) is 5.75 Å². The molecule has 0 bridgehead atoms. The van der Waals surface area contributed by atoms with Gasteiger partial charge < -0.3 is 20.4 Å². The number of rotatable bonds is 7. The molecule has 0 radical (unpaired) electrons. The van der Waals surface area contributed by atoms with Crippen molar-refractivity contribution in [1.82, 2.24) is 0 Å². The van der Waals surface area contributed by atoms with Crippen LogP contribution in [0.3, 0.4) is 0 Å². The van der Waals surface area contributed by atoms with E-state index in [0.29, 0.717) is 27.8 Å². The van der Waals surface area contributed by atoms with E-state index in [2.05, 4.69) is 6.58 Å². The van der Waals surface area contributed by atoms with E-state index in [4.69, 9.17) is 0 Å². The molecule has 3 aliphatic carbocycles. The molecule has 0 aromatic heterocycles. The molecule has 0 aliphatic heterocycles. The Balaban J connectivity index is 1.66. The molecule has 0 heterocycles. The summed E-state index contributed by atoms with van der Waals surface area (Å²) < 4.78 is 41.6. The zero-order valence-corrected chi connectivity index (χ0v) is 32.2. The van der Waals surface area contributed by atoms with Gasteiger partial charge in [-0.1, -0.05) is 86.6 Å². The van der Waals surface area contributed by atoms with Gasteiger partial charge in [0.15, 0.2) is 17.2 Å². The van der Waals surface area contributed by atoms with E-state index in [1.807, 2.05) is 34.6 Å². The number of halogens is 3. The summed E-state index contributed by atoms with van der Waals surface area (Å²) in [6, 6.07) is 5.77. The molecule has 1 fully saturated rings. The van der Waals surface area contributed by atoms with E-state index < -0.39 is 79.9 Å². The normalized spacial score (nSPS) is 26.2. The number of hydrogen-bond donors (Lipinski definition) is 4. The van der Waals surface area contributed by atoms with Crippen LogP contribution in [0.25, 0.3) is 5.76 Å². The smallest absolute Gasteiger partial charge is 0.416 e. The Morgan fingerprint density at radius 1 is 0.962 bits per heavy atom. The Hall–Kier alpha value is -4.18. The molecule has 2 aromatic carbocycles. The number of fused-ring (bicyclic) bond motifs is 3. The molecule has 286 valence electrons. The Morgan fingerprint density at radius 2 is 1.55 bits per heavy atom. The molecule has 4 N–H and O–H groups in total. The van der Waals surface area contributed by atoms with Crippen LogP contribution in [0.4, 0.5) is 13.2 Å². The van der Waals surface area contributed by atoms with Crippen molar-refractivity contribution in [2.24, 2.45) is 22.7 Å². The lowest BCUT2D eigenvalue weighted by atomic mass is 9.43. The average Bonchev–Trinajstić information content (AvgIpc) is 2.98. The van der Waals surface area contributed by atoms with Crippen molar-refractivity contribution in [2.45, 2.75) is 118 Å². The quantitative estimate of drug-likeness (QED) is 0.165. The van der Waals surface area contributed by atoms with Gasteiger partial charge in [0.25, 0.3) is 0 Å². The maximum atomic E-state index is 14.7. The van der Waals surface area contributed by atoms with Crippen molar-refractivity contribution in [3.8, 4) is 5.75 Å². The number of alkyl halides is 3. The summed E-state index contributed by atoms with van der Waals surface area (Å²) in [5, 5.41) is 47.8. The van der Waals surface area contributed by atoms with Crippen molar-refractivity contribution >= 4 is 23.1 Å². The number of aliphatic hydroxyl groups is 3. The minimum atomic E-state index is -4.55. The molecule has 53 heavy (non-hydrogen) atoms. The van der Waals surface area contributed by atoms with Gasteiger partial charge in [-0.05, 0) is 89.8 Å². The summed E-state index contributed by atoms with van der Waals surface area (Å²) >= 11 is 0. The number of aliphatic hydroxyl groups excluding tert-OH is 2. The Morgan fingerprint density at radius 3 is 2.06 bits per heavy atom. The first-order valence-corrected chi connectivity index (χ1v) is 18.1. The standard InChI is InChI=1S/C43H51F3O7/c1-20(2)28-16-25(13-22(5)12-24-14-26(39(7,8)9)17-27(15-24)43(44,45)46)34(48)31-29(28)18-40(10)19-41(11)32(21(3)4)35(49)30(23(6)47)37(51)42(41,53)38(52)33(40)36(31)50/h14-17,20-21,32,48,50-51,53H,5,12-13,18-19H2,1-4,6-11H3/t32?,40-,41-,42+/m1/s1. The molecule has 1 saturated carbocycles. The van der Waals surface area contributed by atoms with Crippen LogP contribution in [0.1, 0.15) is 121 Å². The predicted molar refractivity (Wildman–Crippen MR) is 197 cm³/mol. The third kappa shape index (κ3) is 6.15. The van der Waals surface area contributed by atoms with Crippen LogP contribution in [0.2, 0.25) is 0 Å². The molecule has 10 heteroatoms. The molecular formula is C43H51F3O7.